The quantitative estimate of drug-likeness (QED) is 0.451. The molecule has 0 saturated heterocycles. The van der Waals surface area contributed by atoms with Gasteiger partial charge in [-0.05, 0) is 30.7 Å². The van der Waals surface area contributed by atoms with Crippen LogP contribution in [0.2, 0.25) is 0 Å². The molecule has 0 aliphatic heterocycles. The first-order valence-corrected chi connectivity index (χ1v) is 10.2. The van der Waals surface area contributed by atoms with Crippen molar-refractivity contribution in [2.24, 2.45) is 0 Å². The molecule has 6 nitrogen and oxygen atoms in total. The van der Waals surface area contributed by atoms with E-state index in [1.165, 1.54) is 28.6 Å². The zero-order valence-corrected chi connectivity index (χ0v) is 17.7. The van der Waals surface area contributed by atoms with Gasteiger partial charge in [-0.1, -0.05) is 29.8 Å². The summed E-state index contributed by atoms with van der Waals surface area (Å²) in [7, 11) is 2.88. The van der Waals surface area contributed by atoms with Crippen LogP contribution in [0.25, 0.3) is 21.3 Å². The van der Waals surface area contributed by atoms with E-state index < -0.39 is 5.97 Å². The number of hydrogen-bond acceptors (Lipinski definition) is 6. The lowest BCUT2D eigenvalue weighted by Crippen LogP contribution is -2.21. The van der Waals surface area contributed by atoms with Gasteiger partial charge in [0.15, 0.2) is 0 Å². The van der Waals surface area contributed by atoms with Crippen LogP contribution < -0.4 is 10.3 Å². The lowest BCUT2D eigenvalue weighted by Gasteiger charge is -2.12. The number of methoxy groups -OCH3 is 2. The lowest BCUT2D eigenvalue weighted by atomic mass is 10.1. The minimum absolute atomic E-state index is 0.131. The van der Waals surface area contributed by atoms with Crippen molar-refractivity contribution in [3.8, 4) is 16.9 Å². The minimum atomic E-state index is -0.444. The Bertz CT molecular complexity index is 1290. The summed E-state index contributed by atoms with van der Waals surface area (Å²) in [6, 6.07) is 13.2. The van der Waals surface area contributed by atoms with Crippen molar-refractivity contribution in [3.63, 3.8) is 0 Å². The molecule has 2 aromatic carbocycles. The van der Waals surface area contributed by atoms with E-state index in [0.29, 0.717) is 27.1 Å². The maximum Gasteiger partial charge on any atom is 0.337 e. The summed E-state index contributed by atoms with van der Waals surface area (Å²) < 4.78 is 12.3. The maximum atomic E-state index is 13.1. The van der Waals surface area contributed by atoms with E-state index >= 15 is 0 Å². The normalized spacial score (nSPS) is 10.9. The van der Waals surface area contributed by atoms with Crippen LogP contribution in [-0.2, 0) is 11.3 Å². The summed E-state index contributed by atoms with van der Waals surface area (Å²) in [6.07, 6.45) is 1.54. The Balaban J connectivity index is 1.75. The van der Waals surface area contributed by atoms with Gasteiger partial charge in [-0.15, -0.1) is 11.3 Å². The molecule has 0 aliphatic carbocycles. The summed E-state index contributed by atoms with van der Waals surface area (Å²) in [5, 5.41) is 1.96. The molecule has 4 rings (SSSR count). The number of esters is 1. The molecule has 4 aromatic rings. The second-order valence-corrected chi connectivity index (χ2v) is 7.77. The molecule has 0 saturated carbocycles. The van der Waals surface area contributed by atoms with Crippen molar-refractivity contribution in [2.45, 2.75) is 13.5 Å². The van der Waals surface area contributed by atoms with Crippen LogP contribution in [0.15, 0.2) is 59.0 Å². The smallest absolute Gasteiger partial charge is 0.337 e. The fourth-order valence-corrected chi connectivity index (χ4v) is 4.30. The second-order valence-electron chi connectivity index (χ2n) is 6.89. The van der Waals surface area contributed by atoms with Crippen LogP contribution in [0.3, 0.4) is 0 Å². The van der Waals surface area contributed by atoms with Gasteiger partial charge in [0.25, 0.3) is 5.56 Å². The molecule has 0 fully saturated rings. The van der Waals surface area contributed by atoms with Crippen molar-refractivity contribution < 1.29 is 14.3 Å². The first-order chi connectivity index (χ1) is 14.5. The predicted molar refractivity (Wildman–Crippen MR) is 117 cm³/mol. The van der Waals surface area contributed by atoms with Crippen molar-refractivity contribution in [1.82, 2.24) is 9.55 Å². The average Bonchev–Trinajstić information content (AvgIpc) is 3.20. The van der Waals surface area contributed by atoms with E-state index in [0.717, 1.165) is 11.1 Å². The van der Waals surface area contributed by atoms with Crippen molar-refractivity contribution in [3.05, 3.63) is 81.2 Å². The number of hydrogen-bond donors (Lipinski definition) is 0. The molecule has 0 aliphatic rings. The van der Waals surface area contributed by atoms with Crippen molar-refractivity contribution in [2.75, 3.05) is 14.2 Å². The van der Waals surface area contributed by atoms with Crippen molar-refractivity contribution >= 4 is 27.5 Å². The number of aryl methyl sites for hydroxylation is 1. The Kier molecular flexibility index (Phi) is 5.37. The summed E-state index contributed by atoms with van der Waals surface area (Å²) in [4.78, 5) is 29.5. The molecular weight excluding hydrogens is 400 g/mol. The number of ether oxygens (including phenoxy) is 2. The predicted octanol–water partition coefficient (Wildman–Crippen LogP) is 4.28. The molecule has 0 bridgehead atoms. The Hall–Kier alpha value is -3.45. The van der Waals surface area contributed by atoms with Gasteiger partial charge in [-0.3, -0.25) is 9.36 Å². The van der Waals surface area contributed by atoms with Crippen LogP contribution in [-0.4, -0.2) is 29.7 Å². The molecule has 2 aromatic heterocycles. The highest BCUT2D eigenvalue weighted by molar-refractivity contribution is 7.17. The summed E-state index contributed by atoms with van der Waals surface area (Å²) in [5.41, 5.74) is 4.81. The van der Waals surface area contributed by atoms with Gasteiger partial charge < -0.3 is 9.47 Å². The largest absolute Gasteiger partial charge is 0.496 e. The molecule has 0 spiro atoms. The highest BCUT2D eigenvalue weighted by atomic mass is 32.1. The van der Waals surface area contributed by atoms with Crippen LogP contribution in [0, 0.1) is 6.92 Å². The highest BCUT2D eigenvalue weighted by Crippen LogP contribution is 2.31. The second kappa shape index (κ2) is 8.12. The van der Waals surface area contributed by atoms with Gasteiger partial charge in [0, 0.05) is 16.5 Å². The molecule has 0 amide bonds. The summed E-state index contributed by atoms with van der Waals surface area (Å²) >= 11 is 1.38. The highest BCUT2D eigenvalue weighted by Gasteiger charge is 2.15. The third-order valence-corrected chi connectivity index (χ3v) is 5.91. The first-order valence-electron chi connectivity index (χ1n) is 9.30. The van der Waals surface area contributed by atoms with E-state index in [2.05, 4.69) is 4.98 Å². The molecule has 152 valence electrons. The van der Waals surface area contributed by atoms with Gasteiger partial charge in [-0.25, -0.2) is 9.78 Å². The third kappa shape index (κ3) is 3.59. The number of benzene rings is 2. The SMILES string of the molecule is COC(=O)c1ccc(OC)c(Cn2cnc3c(-c4ccc(C)cc4)csc3c2=O)c1. The van der Waals surface area contributed by atoms with Gasteiger partial charge in [0.05, 0.1) is 38.2 Å². The fraction of sp³-hybridized carbons (Fsp3) is 0.174. The number of thiophene rings is 1. The van der Waals surface area contributed by atoms with E-state index in [4.69, 9.17) is 9.47 Å². The maximum absolute atomic E-state index is 13.1. The Morgan fingerprint density at radius 2 is 1.90 bits per heavy atom. The molecule has 0 unspecified atom stereocenters. The molecule has 0 radical (unpaired) electrons. The average molecular weight is 420 g/mol. The van der Waals surface area contributed by atoms with Crippen molar-refractivity contribution in [1.29, 1.82) is 0 Å². The van der Waals surface area contributed by atoms with Crippen LogP contribution >= 0.6 is 11.3 Å². The molecule has 30 heavy (non-hydrogen) atoms. The van der Waals surface area contributed by atoms with E-state index in [1.54, 1.807) is 31.6 Å². The van der Waals surface area contributed by atoms with Crippen LogP contribution in [0.1, 0.15) is 21.5 Å². The molecule has 2 heterocycles. The van der Waals surface area contributed by atoms with Crippen LogP contribution in [0.5, 0.6) is 5.75 Å². The van der Waals surface area contributed by atoms with E-state index in [9.17, 15) is 9.59 Å². The zero-order valence-electron chi connectivity index (χ0n) is 16.8. The van der Waals surface area contributed by atoms with Gasteiger partial charge in [0.1, 0.15) is 10.4 Å². The Morgan fingerprint density at radius 1 is 1.13 bits per heavy atom. The molecule has 0 N–H and O–H groups in total. The number of rotatable bonds is 5. The summed E-state index contributed by atoms with van der Waals surface area (Å²) in [5.74, 6) is 0.141. The Labute approximate surface area is 177 Å². The zero-order chi connectivity index (χ0) is 21.3. The molecule has 0 atom stereocenters. The number of carbonyl (C=O) groups excluding carboxylic acids is 1. The fourth-order valence-electron chi connectivity index (χ4n) is 3.32. The third-order valence-electron chi connectivity index (χ3n) is 4.95. The number of carbonyl (C=O) groups is 1. The number of aromatic nitrogens is 2. The van der Waals surface area contributed by atoms with Gasteiger partial charge in [0.2, 0.25) is 0 Å². The van der Waals surface area contributed by atoms with Gasteiger partial charge >= 0.3 is 5.97 Å². The monoisotopic (exact) mass is 420 g/mol. The van der Waals surface area contributed by atoms with Crippen LogP contribution in [0.4, 0.5) is 0 Å². The molecule has 7 heteroatoms. The first kappa shape index (κ1) is 19.8. The number of fused-ring (bicyclic) bond motifs is 1. The van der Waals surface area contributed by atoms with E-state index in [-0.39, 0.29) is 12.1 Å². The van der Waals surface area contributed by atoms with E-state index in [1.807, 2.05) is 36.6 Å². The Morgan fingerprint density at radius 3 is 2.60 bits per heavy atom. The minimum Gasteiger partial charge on any atom is -0.496 e. The lowest BCUT2D eigenvalue weighted by molar-refractivity contribution is 0.0600. The summed E-state index contributed by atoms with van der Waals surface area (Å²) in [6.45, 7) is 2.27. The topological polar surface area (TPSA) is 70.4 Å². The molecular formula is C23H20N2O4S. The standard InChI is InChI=1S/C23H20N2O4S/c1-14-4-6-15(7-5-14)18-12-30-21-20(18)24-13-25(22(21)26)11-17-10-16(23(27)29-3)8-9-19(17)28-2/h4-10,12-13H,11H2,1-3H3. The van der Waals surface area contributed by atoms with Gasteiger partial charge in [-0.2, -0.15) is 0 Å². The number of nitrogens with zero attached hydrogens (tertiary/aromatic N) is 2.